The van der Waals surface area contributed by atoms with E-state index in [1.54, 1.807) is 24.3 Å². The molecule has 110 heavy (non-hydrogen) atoms. The van der Waals surface area contributed by atoms with Crippen LogP contribution in [0.1, 0.15) is 235 Å². The van der Waals surface area contributed by atoms with E-state index >= 15 is 28.8 Å². The van der Waals surface area contributed by atoms with E-state index in [0.29, 0.717) is 133 Å². The van der Waals surface area contributed by atoms with Crippen LogP contribution in [0.15, 0.2) is 121 Å². The fourth-order valence-corrected chi connectivity index (χ4v) is 17.5. The van der Waals surface area contributed by atoms with Gasteiger partial charge in [0.15, 0.2) is 0 Å². The highest BCUT2D eigenvalue weighted by atomic mass is 16.5. The fraction of sp³-hybridized carbons (Fsp3) is 0.457. The Balaban J connectivity index is 1.05. The largest absolute Gasteiger partial charge is 0.457 e. The molecule has 2 saturated carbocycles. The predicted octanol–water partition coefficient (Wildman–Crippen LogP) is 19.4. The topological polar surface area (TPSA) is 195 Å². The molecule has 0 radical (unpaired) electrons. The normalized spacial score (nSPS) is 18.1. The second kappa shape index (κ2) is 31.7. The van der Waals surface area contributed by atoms with Gasteiger partial charge in [-0.1, -0.05) is 157 Å². The van der Waals surface area contributed by atoms with Gasteiger partial charge in [-0.2, -0.15) is 0 Å². The molecule has 2 N–H and O–H groups in total. The highest BCUT2D eigenvalue weighted by Gasteiger charge is 2.51. The molecule has 2 saturated heterocycles. The Morgan fingerprint density at radius 3 is 0.855 bits per heavy atom. The van der Waals surface area contributed by atoms with Crippen LogP contribution in [0.25, 0.3) is 43.1 Å². The van der Waals surface area contributed by atoms with Gasteiger partial charge < -0.3 is 38.2 Å². The van der Waals surface area contributed by atoms with Crippen molar-refractivity contribution in [3.63, 3.8) is 0 Å². The molecule has 4 atom stereocenters. The first-order valence-electron chi connectivity index (χ1n) is 40.5. The summed E-state index contributed by atoms with van der Waals surface area (Å²) in [4.78, 5) is 106. The first-order valence-corrected chi connectivity index (χ1v) is 40.5. The van der Waals surface area contributed by atoms with Crippen molar-refractivity contribution < 1.29 is 57.2 Å². The van der Waals surface area contributed by atoms with Gasteiger partial charge in [-0.25, -0.2) is 0 Å². The quantitative estimate of drug-likeness (QED) is 0.0245. The zero-order valence-corrected chi connectivity index (χ0v) is 65.9. The second-order valence-corrected chi connectivity index (χ2v) is 33.5. The first-order chi connectivity index (χ1) is 53.0. The lowest BCUT2D eigenvalue weighted by molar-refractivity contribution is -0.138. The molecule has 9 aromatic carbocycles. The number of hydrogen-bond acceptors (Lipinski definition) is 14. The van der Waals surface area contributed by atoms with Gasteiger partial charge in [0.25, 0.3) is 23.6 Å². The van der Waals surface area contributed by atoms with E-state index < -0.39 is 35.7 Å². The Kier molecular flexibility index (Phi) is 21.9. The minimum atomic E-state index is -1.19. The average molecular weight is 1490 g/mol. The SMILES string of the molecule is CC(C)CN(CCNC1CCO1)C(=O)C(C1CCCC1)N1C(=O)c2cc(Oc3ccc(C(C)C)cc3)c3c4c(Oc5ccc(C(C)C)cc5)cc5c6c(cc(Oc7ccc(C(C)C)cc7)c(c7c(Oc8ccc(C(C)C)cc8)cc(c2c37)C1=O)c64)C(=O)N(C(C(=O)N(CCNC1CCO1)CC(C)C)C1CCCC1)C5=O. The van der Waals surface area contributed by atoms with Crippen LogP contribution >= 0.6 is 0 Å². The van der Waals surface area contributed by atoms with Crippen LogP contribution in [0.3, 0.4) is 0 Å². The van der Waals surface area contributed by atoms with Crippen molar-refractivity contribution in [3.05, 3.63) is 166 Å². The molecule has 18 nitrogen and oxygen atoms in total. The first kappa shape index (κ1) is 75.9. The third-order valence-corrected chi connectivity index (χ3v) is 23.5. The van der Waals surface area contributed by atoms with Crippen molar-refractivity contribution >= 4 is 78.5 Å². The van der Waals surface area contributed by atoms with Crippen LogP contribution in [-0.4, -0.2) is 132 Å². The van der Waals surface area contributed by atoms with Gasteiger partial charge in [-0.15, -0.1) is 0 Å². The number of amides is 6. The number of nitrogens with one attached hydrogen (secondary N) is 2. The van der Waals surface area contributed by atoms with Gasteiger partial charge in [0.1, 0.15) is 70.5 Å². The average Bonchev–Trinajstić information content (AvgIpc) is 0.675. The smallest absolute Gasteiger partial charge is 0.262 e. The van der Waals surface area contributed by atoms with Crippen molar-refractivity contribution in [1.82, 2.24) is 30.2 Å². The fourth-order valence-electron chi connectivity index (χ4n) is 17.5. The third kappa shape index (κ3) is 14.7. The maximum Gasteiger partial charge on any atom is 0.262 e. The summed E-state index contributed by atoms with van der Waals surface area (Å²) in [5.74, 6) is -0.756. The van der Waals surface area contributed by atoms with Crippen molar-refractivity contribution in [1.29, 1.82) is 0 Å². The number of carbonyl (C=O) groups excluding carboxylic acids is 6. The van der Waals surface area contributed by atoms with E-state index in [9.17, 15) is 0 Å². The molecule has 4 heterocycles. The Morgan fingerprint density at radius 1 is 0.382 bits per heavy atom. The van der Waals surface area contributed by atoms with Gasteiger partial charge >= 0.3 is 0 Å². The van der Waals surface area contributed by atoms with Gasteiger partial charge in [-0.05, 0) is 168 Å². The molecule has 6 aliphatic rings. The van der Waals surface area contributed by atoms with Crippen LogP contribution in [0.5, 0.6) is 46.0 Å². The monoisotopic (exact) mass is 1490 g/mol. The molecule has 576 valence electrons. The van der Waals surface area contributed by atoms with E-state index in [1.165, 1.54) is 9.80 Å². The molecule has 0 bridgehead atoms. The molecule has 0 aromatic heterocycles. The molecule has 6 amide bonds. The lowest BCUT2D eigenvalue weighted by Gasteiger charge is -2.40. The standard InChI is InChI=1S/C92H106N6O12/c1-51(2)49-95(41-39-93-75-37-43-105-75)91(103)85(61-17-13-14-18-61)97-87(99)67-45-71(107-63-29-21-57(22-30-63)53(5)6)79-81-73(109-65-33-25-59(26-34-65)55(9)10)47-69-78-70(90(102)98(89(69)101)86(62-19-15-16-20-62)92(104)96(50-52(3)4)42-40-94-76-38-44-106-76)48-74(110-66-35-27-60(28-36-66)56(11)12)82(84(78)81)80-72(46-68(88(97)100)77(67)83(79)80)108-64-31-23-58(24-32-64)54(7)8/h21-36,45-48,51-56,61-62,75-76,85-86,93-94H,13-20,37-44,49-50H2,1-12H3. The summed E-state index contributed by atoms with van der Waals surface area (Å²) < 4.78 is 41.3. The molecule has 18 heteroatoms. The molecule has 0 spiro atoms. The lowest BCUT2D eigenvalue weighted by atomic mass is 9.79. The van der Waals surface area contributed by atoms with Crippen LogP contribution in [0, 0.1) is 23.7 Å². The Labute approximate surface area is 646 Å². The Bertz CT molecular complexity index is 4410. The highest BCUT2D eigenvalue weighted by Crippen LogP contribution is 2.59. The number of rotatable bonds is 30. The van der Waals surface area contributed by atoms with E-state index in [0.717, 1.165) is 60.8 Å². The van der Waals surface area contributed by atoms with E-state index in [1.807, 2.05) is 107 Å². The summed E-state index contributed by atoms with van der Waals surface area (Å²) in [6, 6.07) is 35.8. The predicted molar refractivity (Wildman–Crippen MR) is 430 cm³/mol. The molecule has 2 aliphatic carbocycles. The molecule has 9 aromatic rings. The molecule has 4 fully saturated rings. The van der Waals surface area contributed by atoms with Crippen LogP contribution < -0.4 is 29.6 Å². The van der Waals surface area contributed by atoms with Crippen molar-refractivity contribution in [2.45, 2.75) is 196 Å². The zero-order valence-electron chi connectivity index (χ0n) is 65.9. The summed E-state index contributed by atoms with van der Waals surface area (Å²) in [6.45, 7) is 28.9. The minimum Gasteiger partial charge on any atom is -0.457 e. The van der Waals surface area contributed by atoms with Crippen LogP contribution in [-0.2, 0) is 19.1 Å². The summed E-state index contributed by atoms with van der Waals surface area (Å²) in [7, 11) is 0. The van der Waals surface area contributed by atoms with Gasteiger partial charge in [0, 0.05) is 95.2 Å². The maximum atomic E-state index is 16.9. The number of nitrogens with zero attached hydrogens (tertiary/aromatic N) is 4. The minimum absolute atomic E-state index is 0.0513. The third-order valence-electron chi connectivity index (χ3n) is 23.5. The molecule has 4 aliphatic heterocycles. The van der Waals surface area contributed by atoms with Gasteiger partial charge in [-0.3, -0.25) is 49.2 Å². The van der Waals surface area contributed by atoms with Crippen LogP contribution in [0.2, 0.25) is 0 Å². The molecular weight excluding hydrogens is 1380 g/mol. The van der Waals surface area contributed by atoms with Crippen molar-refractivity contribution in [3.8, 4) is 46.0 Å². The second-order valence-electron chi connectivity index (χ2n) is 33.5. The summed E-state index contributed by atoms with van der Waals surface area (Å²) in [5, 5.41) is 9.73. The van der Waals surface area contributed by atoms with Crippen LogP contribution in [0.4, 0.5) is 0 Å². The van der Waals surface area contributed by atoms with Crippen molar-refractivity contribution in [2.75, 3.05) is 52.5 Å². The number of ether oxygens (including phenoxy) is 6. The number of carbonyl (C=O) groups is 6. The summed E-state index contributed by atoms with van der Waals surface area (Å²) >= 11 is 0. The van der Waals surface area contributed by atoms with E-state index in [-0.39, 0.29) is 128 Å². The van der Waals surface area contributed by atoms with Crippen molar-refractivity contribution in [2.24, 2.45) is 23.7 Å². The lowest BCUT2D eigenvalue weighted by Crippen LogP contribution is -2.58. The Hall–Kier alpha value is -9.46. The van der Waals surface area contributed by atoms with Gasteiger partial charge in [0.2, 0.25) is 11.8 Å². The molecule has 4 unspecified atom stereocenters. The highest BCUT2D eigenvalue weighted by molar-refractivity contribution is 6.45. The Morgan fingerprint density at radius 2 is 0.636 bits per heavy atom. The summed E-state index contributed by atoms with van der Waals surface area (Å²) in [5.41, 5.74) is 4.73. The van der Waals surface area contributed by atoms with E-state index in [4.69, 9.17) is 28.4 Å². The molecular formula is C92H106N6O12. The number of hydrogen-bond donors (Lipinski definition) is 2. The van der Waals surface area contributed by atoms with E-state index in [2.05, 4.69) is 93.7 Å². The maximum absolute atomic E-state index is 16.9. The summed E-state index contributed by atoms with van der Waals surface area (Å²) in [6.07, 6.45) is 7.28. The van der Waals surface area contributed by atoms with Gasteiger partial charge in [0.05, 0.1) is 35.5 Å². The zero-order chi connectivity index (χ0) is 77.1. The number of fused-ring (bicyclic) bond motifs is 2. The number of imide groups is 2. The molecule has 15 rings (SSSR count). The number of benzene rings is 9.